The third kappa shape index (κ3) is 7.63. The molecule has 0 saturated heterocycles. The van der Waals surface area contributed by atoms with Crippen molar-refractivity contribution in [3.63, 3.8) is 0 Å². The molecule has 5 nitrogen and oxygen atoms in total. The van der Waals surface area contributed by atoms with Gasteiger partial charge in [0.2, 0.25) is 10.0 Å². The second-order valence-electron chi connectivity index (χ2n) is 7.13. The maximum atomic E-state index is 12.8. The number of rotatable bonds is 11. The lowest BCUT2D eigenvalue weighted by atomic mass is 10.1. The molecule has 0 radical (unpaired) electrons. The first kappa shape index (κ1) is 24.8. The average molecular weight is 514 g/mol. The van der Waals surface area contributed by atoms with E-state index in [0.717, 1.165) is 16.3 Å². The first-order valence-electron chi connectivity index (χ1n) is 10.00. The number of hydrogen-bond donors (Lipinski definition) is 1. The molecule has 0 bridgehead atoms. The van der Waals surface area contributed by atoms with Gasteiger partial charge in [-0.25, -0.2) is 8.42 Å². The lowest BCUT2D eigenvalue weighted by molar-refractivity contribution is 0.102. The standard InChI is InChI=1S/C22H29BrN2O3S2/c1-4-5-6-7-8-15-29-19-12-10-18(11-13-19)24-22(26)20-16-17(23)9-14-21(20)25(2)30(3,27)28/h9-14,16H,4-8,15H2,1-3H3,(H,24,26). The normalized spacial score (nSPS) is 11.3. The van der Waals surface area contributed by atoms with Crippen LogP contribution in [0, 0.1) is 0 Å². The van der Waals surface area contributed by atoms with Crippen LogP contribution in [0.15, 0.2) is 51.8 Å². The van der Waals surface area contributed by atoms with Crippen molar-refractivity contribution in [2.75, 3.05) is 28.7 Å². The van der Waals surface area contributed by atoms with E-state index in [-0.39, 0.29) is 11.5 Å². The van der Waals surface area contributed by atoms with Crippen molar-refractivity contribution in [2.45, 2.75) is 43.9 Å². The second-order valence-corrected chi connectivity index (χ2v) is 11.2. The molecule has 0 saturated carbocycles. The number of benzene rings is 2. The van der Waals surface area contributed by atoms with E-state index in [1.165, 1.54) is 44.0 Å². The number of thioether (sulfide) groups is 1. The molecule has 30 heavy (non-hydrogen) atoms. The summed E-state index contributed by atoms with van der Waals surface area (Å²) >= 11 is 5.17. The van der Waals surface area contributed by atoms with E-state index in [2.05, 4.69) is 28.2 Å². The number of halogens is 1. The molecule has 2 aromatic carbocycles. The number of carbonyl (C=O) groups excluding carboxylic acids is 1. The lowest BCUT2D eigenvalue weighted by Gasteiger charge is -2.20. The Morgan fingerprint density at radius 3 is 2.37 bits per heavy atom. The van der Waals surface area contributed by atoms with E-state index in [1.807, 2.05) is 36.0 Å². The third-order valence-corrected chi connectivity index (χ3v) is 7.45. The third-order valence-electron chi connectivity index (χ3n) is 4.67. The first-order valence-corrected chi connectivity index (χ1v) is 13.6. The van der Waals surface area contributed by atoms with E-state index in [1.54, 1.807) is 18.2 Å². The van der Waals surface area contributed by atoms with Crippen molar-refractivity contribution in [1.82, 2.24) is 0 Å². The van der Waals surface area contributed by atoms with Gasteiger partial charge in [-0.1, -0.05) is 48.5 Å². The van der Waals surface area contributed by atoms with Gasteiger partial charge in [0.1, 0.15) is 0 Å². The Labute approximate surface area is 192 Å². The smallest absolute Gasteiger partial charge is 0.257 e. The molecule has 164 valence electrons. The van der Waals surface area contributed by atoms with E-state index in [0.29, 0.717) is 15.8 Å². The highest BCUT2D eigenvalue weighted by molar-refractivity contribution is 9.10. The Balaban J connectivity index is 2.02. The lowest BCUT2D eigenvalue weighted by Crippen LogP contribution is -2.27. The fourth-order valence-electron chi connectivity index (χ4n) is 2.87. The van der Waals surface area contributed by atoms with E-state index < -0.39 is 10.0 Å². The Hall–Kier alpha value is -1.51. The van der Waals surface area contributed by atoms with Gasteiger partial charge in [-0.3, -0.25) is 9.10 Å². The highest BCUT2D eigenvalue weighted by Gasteiger charge is 2.20. The largest absolute Gasteiger partial charge is 0.322 e. The van der Waals surface area contributed by atoms with E-state index >= 15 is 0 Å². The van der Waals surface area contributed by atoms with Crippen molar-refractivity contribution in [3.05, 3.63) is 52.5 Å². The number of carbonyl (C=O) groups is 1. The molecule has 8 heteroatoms. The molecule has 0 aromatic heterocycles. The highest BCUT2D eigenvalue weighted by Crippen LogP contribution is 2.27. The average Bonchev–Trinajstić information content (AvgIpc) is 2.70. The minimum absolute atomic E-state index is 0.280. The number of sulfonamides is 1. The van der Waals surface area contributed by atoms with Gasteiger partial charge >= 0.3 is 0 Å². The molecule has 0 fully saturated rings. The molecule has 1 N–H and O–H groups in total. The molecule has 0 aliphatic heterocycles. The zero-order valence-corrected chi connectivity index (χ0v) is 20.9. The van der Waals surface area contributed by atoms with Gasteiger partial charge in [0.05, 0.1) is 17.5 Å². The molecular formula is C22H29BrN2O3S2. The molecule has 0 aliphatic carbocycles. The number of nitrogens with one attached hydrogen (secondary N) is 1. The Morgan fingerprint density at radius 1 is 1.07 bits per heavy atom. The van der Waals surface area contributed by atoms with Crippen LogP contribution in [-0.4, -0.2) is 33.4 Å². The molecule has 2 rings (SSSR count). The predicted octanol–water partition coefficient (Wildman–Crippen LogP) is 6.16. The number of anilines is 2. The number of amides is 1. The monoisotopic (exact) mass is 512 g/mol. The summed E-state index contributed by atoms with van der Waals surface area (Å²) in [7, 11) is -2.05. The molecule has 0 aliphatic rings. The van der Waals surface area contributed by atoms with Crippen molar-refractivity contribution in [1.29, 1.82) is 0 Å². The topological polar surface area (TPSA) is 66.5 Å². The van der Waals surface area contributed by atoms with Crippen molar-refractivity contribution in [2.24, 2.45) is 0 Å². The summed E-state index contributed by atoms with van der Waals surface area (Å²) in [5.41, 5.74) is 1.27. The van der Waals surface area contributed by atoms with Crippen LogP contribution in [-0.2, 0) is 10.0 Å². The van der Waals surface area contributed by atoms with Gasteiger partial charge in [-0.05, 0) is 54.6 Å². The maximum absolute atomic E-state index is 12.8. The quantitative estimate of drug-likeness (QED) is 0.289. The van der Waals surface area contributed by atoms with Crippen LogP contribution < -0.4 is 9.62 Å². The fourth-order valence-corrected chi connectivity index (χ4v) is 4.66. The summed E-state index contributed by atoms with van der Waals surface area (Å²) in [4.78, 5) is 14.0. The zero-order chi connectivity index (χ0) is 22.1. The van der Waals surface area contributed by atoms with E-state index in [4.69, 9.17) is 0 Å². The zero-order valence-electron chi connectivity index (χ0n) is 17.7. The Bertz CT molecular complexity index is 947. The summed E-state index contributed by atoms with van der Waals surface area (Å²) < 4.78 is 25.7. The van der Waals surface area contributed by atoms with Crippen LogP contribution in [0.4, 0.5) is 11.4 Å². The molecule has 1 amide bonds. The second kappa shape index (κ2) is 11.8. The minimum atomic E-state index is -3.48. The summed E-state index contributed by atoms with van der Waals surface area (Å²) in [6.45, 7) is 2.22. The van der Waals surface area contributed by atoms with Crippen LogP contribution in [0.2, 0.25) is 0 Å². The van der Waals surface area contributed by atoms with Gasteiger partial charge in [0, 0.05) is 22.1 Å². The van der Waals surface area contributed by atoms with Gasteiger partial charge in [0.15, 0.2) is 0 Å². The summed E-state index contributed by atoms with van der Waals surface area (Å²) in [5, 5.41) is 2.86. The fraction of sp³-hybridized carbons (Fsp3) is 0.409. The van der Waals surface area contributed by atoms with Gasteiger partial charge < -0.3 is 5.32 Å². The van der Waals surface area contributed by atoms with Gasteiger partial charge in [-0.2, -0.15) is 0 Å². The van der Waals surface area contributed by atoms with Crippen LogP contribution in [0.1, 0.15) is 49.4 Å². The van der Waals surface area contributed by atoms with E-state index in [9.17, 15) is 13.2 Å². The minimum Gasteiger partial charge on any atom is -0.322 e. The first-order chi connectivity index (χ1) is 14.2. The molecule has 0 atom stereocenters. The predicted molar refractivity (Wildman–Crippen MR) is 131 cm³/mol. The van der Waals surface area contributed by atoms with Crippen LogP contribution in [0.5, 0.6) is 0 Å². The Morgan fingerprint density at radius 2 is 1.73 bits per heavy atom. The number of unbranched alkanes of at least 4 members (excludes halogenated alkanes) is 4. The van der Waals surface area contributed by atoms with Crippen molar-refractivity contribution >= 4 is 55.0 Å². The van der Waals surface area contributed by atoms with Crippen LogP contribution >= 0.6 is 27.7 Å². The number of nitrogens with zero attached hydrogens (tertiary/aromatic N) is 1. The van der Waals surface area contributed by atoms with Gasteiger partial charge in [-0.15, -0.1) is 11.8 Å². The molecular weight excluding hydrogens is 484 g/mol. The summed E-state index contributed by atoms with van der Waals surface area (Å²) in [6, 6.07) is 12.7. The van der Waals surface area contributed by atoms with Crippen molar-refractivity contribution < 1.29 is 13.2 Å². The summed E-state index contributed by atoms with van der Waals surface area (Å²) in [6.07, 6.45) is 7.45. The van der Waals surface area contributed by atoms with Crippen LogP contribution in [0.25, 0.3) is 0 Å². The molecule has 2 aromatic rings. The SMILES string of the molecule is CCCCCCCSc1ccc(NC(=O)c2cc(Br)ccc2N(C)S(C)(=O)=O)cc1. The molecule has 0 unspecified atom stereocenters. The Kier molecular flexibility index (Phi) is 9.71. The molecule has 0 heterocycles. The molecule has 0 spiro atoms. The highest BCUT2D eigenvalue weighted by atomic mass is 79.9. The van der Waals surface area contributed by atoms with Gasteiger partial charge in [0.25, 0.3) is 5.91 Å². The summed E-state index contributed by atoms with van der Waals surface area (Å²) in [5.74, 6) is 0.729. The maximum Gasteiger partial charge on any atom is 0.257 e. The van der Waals surface area contributed by atoms with Crippen molar-refractivity contribution in [3.8, 4) is 0 Å². The van der Waals surface area contributed by atoms with Crippen LogP contribution in [0.3, 0.4) is 0 Å². The number of hydrogen-bond acceptors (Lipinski definition) is 4.